The van der Waals surface area contributed by atoms with Crippen molar-refractivity contribution in [3.05, 3.63) is 35.4 Å². The van der Waals surface area contributed by atoms with E-state index in [0.717, 1.165) is 0 Å². The van der Waals surface area contributed by atoms with Crippen LogP contribution in [0.5, 0.6) is 0 Å². The quantitative estimate of drug-likeness (QED) is 0.790. The second kappa shape index (κ2) is 4.11. The number of nitrogens with two attached hydrogens (primary N) is 1. The van der Waals surface area contributed by atoms with Gasteiger partial charge in [0.25, 0.3) is 0 Å². The smallest absolute Gasteiger partial charge is 0.0550 e. The zero-order valence-electron chi connectivity index (χ0n) is 9.54. The van der Waals surface area contributed by atoms with Crippen molar-refractivity contribution >= 4 is 0 Å². The standard InChI is InChI=1S/C12H20N2/c1-10-6-5-7-11(8-10)12(2,9-13)14(3)4/h5-8H,9,13H2,1-4H3. The summed E-state index contributed by atoms with van der Waals surface area (Å²) in [6.07, 6.45) is 0. The summed E-state index contributed by atoms with van der Waals surface area (Å²) in [7, 11) is 4.13. The lowest BCUT2D eigenvalue weighted by atomic mass is 9.90. The third-order valence-corrected chi connectivity index (χ3v) is 3.02. The van der Waals surface area contributed by atoms with Crippen molar-refractivity contribution in [1.82, 2.24) is 4.90 Å². The SMILES string of the molecule is Cc1cccc(C(C)(CN)N(C)C)c1. The first-order valence-electron chi connectivity index (χ1n) is 4.95. The number of hydrogen-bond donors (Lipinski definition) is 1. The molecule has 0 saturated heterocycles. The van der Waals surface area contributed by atoms with E-state index in [4.69, 9.17) is 5.73 Å². The maximum absolute atomic E-state index is 5.85. The number of benzene rings is 1. The normalized spacial score (nSPS) is 15.6. The van der Waals surface area contributed by atoms with Gasteiger partial charge in [-0.05, 0) is 33.5 Å². The minimum absolute atomic E-state index is 0.0635. The maximum atomic E-state index is 5.85. The molecule has 2 nitrogen and oxygen atoms in total. The molecule has 0 saturated carbocycles. The van der Waals surface area contributed by atoms with E-state index in [9.17, 15) is 0 Å². The van der Waals surface area contributed by atoms with E-state index >= 15 is 0 Å². The number of rotatable bonds is 3. The summed E-state index contributed by atoms with van der Waals surface area (Å²) in [5.74, 6) is 0. The lowest BCUT2D eigenvalue weighted by Gasteiger charge is -2.36. The van der Waals surface area contributed by atoms with Crippen molar-refractivity contribution in [3.8, 4) is 0 Å². The molecule has 2 heteroatoms. The molecule has 0 aliphatic heterocycles. The van der Waals surface area contributed by atoms with Gasteiger partial charge in [-0.1, -0.05) is 29.8 Å². The van der Waals surface area contributed by atoms with Crippen LogP contribution >= 0.6 is 0 Å². The molecule has 0 radical (unpaired) electrons. The van der Waals surface area contributed by atoms with Gasteiger partial charge in [-0.25, -0.2) is 0 Å². The number of likely N-dealkylation sites (N-methyl/N-ethyl adjacent to an activating group) is 1. The van der Waals surface area contributed by atoms with Gasteiger partial charge in [0.15, 0.2) is 0 Å². The Morgan fingerprint density at radius 1 is 1.36 bits per heavy atom. The van der Waals surface area contributed by atoms with Gasteiger partial charge in [0.05, 0.1) is 5.54 Å². The third kappa shape index (κ3) is 1.97. The monoisotopic (exact) mass is 192 g/mol. The summed E-state index contributed by atoms with van der Waals surface area (Å²) in [6, 6.07) is 8.53. The summed E-state index contributed by atoms with van der Waals surface area (Å²) in [6.45, 7) is 4.90. The lowest BCUT2D eigenvalue weighted by molar-refractivity contribution is 0.183. The van der Waals surface area contributed by atoms with Crippen molar-refractivity contribution in [3.63, 3.8) is 0 Å². The van der Waals surface area contributed by atoms with Crippen LogP contribution in [-0.4, -0.2) is 25.5 Å². The summed E-state index contributed by atoms with van der Waals surface area (Å²) >= 11 is 0. The van der Waals surface area contributed by atoms with Crippen LogP contribution in [0.4, 0.5) is 0 Å². The predicted octanol–water partition coefficient (Wildman–Crippen LogP) is 1.73. The van der Waals surface area contributed by atoms with Crippen molar-refractivity contribution in [2.24, 2.45) is 5.73 Å². The summed E-state index contributed by atoms with van der Waals surface area (Å²) in [4.78, 5) is 2.17. The third-order valence-electron chi connectivity index (χ3n) is 3.02. The topological polar surface area (TPSA) is 29.3 Å². The van der Waals surface area contributed by atoms with Gasteiger partial charge in [0.1, 0.15) is 0 Å². The average molecular weight is 192 g/mol. The molecule has 14 heavy (non-hydrogen) atoms. The molecule has 0 aliphatic rings. The molecule has 0 fully saturated rings. The molecule has 0 aliphatic carbocycles. The van der Waals surface area contributed by atoms with Crippen molar-refractivity contribution in [2.45, 2.75) is 19.4 Å². The second-order valence-electron chi connectivity index (χ2n) is 4.24. The molecular weight excluding hydrogens is 172 g/mol. The van der Waals surface area contributed by atoms with Gasteiger partial charge in [0.2, 0.25) is 0 Å². The minimum Gasteiger partial charge on any atom is -0.328 e. The van der Waals surface area contributed by atoms with E-state index in [0.29, 0.717) is 6.54 Å². The van der Waals surface area contributed by atoms with Crippen LogP contribution in [0.25, 0.3) is 0 Å². The van der Waals surface area contributed by atoms with E-state index in [1.54, 1.807) is 0 Å². The highest BCUT2D eigenvalue weighted by Crippen LogP contribution is 2.25. The number of aryl methyl sites for hydroxylation is 1. The van der Waals surface area contributed by atoms with Gasteiger partial charge in [-0.3, -0.25) is 4.90 Å². The molecule has 2 N–H and O–H groups in total. The van der Waals surface area contributed by atoms with E-state index in [-0.39, 0.29) is 5.54 Å². The number of nitrogens with zero attached hydrogens (tertiary/aromatic N) is 1. The number of hydrogen-bond acceptors (Lipinski definition) is 2. The molecule has 1 aromatic carbocycles. The predicted molar refractivity (Wildman–Crippen MR) is 61.3 cm³/mol. The highest BCUT2D eigenvalue weighted by molar-refractivity contribution is 5.28. The molecule has 0 amide bonds. The van der Waals surface area contributed by atoms with Gasteiger partial charge in [-0.15, -0.1) is 0 Å². The Labute approximate surface area is 86.7 Å². The van der Waals surface area contributed by atoms with Crippen molar-refractivity contribution < 1.29 is 0 Å². The zero-order valence-corrected chi connectivity index (χ0v) is 9.54. The fourth-order valence-corrected chi connectivity index (χ4v) is 1.54. The Kier molecular flexibility index (Phi) is 3.29. The molecule has 78 valence electrons. The van der Waals surface area contributed by atoms with E-state index < -0.39 is 0 Å². The highest BCUT2D eigenvalue weighted by Gasteiger charge is 2.27. The first-order valence-corrected chi connectivity index (χ1v) is 4.95. The lowest BCUT2D eigenvalue weighted by Crippen LogP contribution is -2.44. The molecule has 0 bridgehead atoms. The van der Waals surface area contributed by atoms with E-state index in [1.807, 2.05) is 0 Å². The fourth-order valence-electron chi connectivity index (χ4n) is 1.54. The largest absolute Gasteiger partial charge is 0.328 e. The van der Waals surface area contributed by atoms with Crippen LogP contribution in [0.3, 0.4) is 0 Å². The van der Waals surface area contributed by atoms with Gasteiger partial charge in [0, 0.05) is 6.54 Å². The van der Waals surface area contributed by atoms with Gasteiger partial charge < -0.3 is 5.73 Å². The van der Waals surface area contributed by atoms with Crippen LogP contribution in [0.2, 0.25) is 0 Å². The Hall–Kier alpha value is -0.860. The molecule has 1 atom stereocenters. The first-order chi connectivity index (χ1) is 6.50. The highest BCUT2D eigenvalue weighted by atomic mass is 15.1. The van der Waals surface area contributed by atoms with Crippen molar-refractivity contribution in [2.75, 3.05) is 20.6 Å². The zero-order chi connectivity index (χ0) is 10.8. The van der Waals surface area contributed by atoms with Crippen LogP contribution in [0.15, 0.2) is 24.3 Å². The summed E-state index contributed by atoms with van der Waals surface area (Å²) in [5.41, 5.74) is 8.35. The Bertz CT molecular complexity index is 307. The van der Waals surface area contributed by atoms with Crippen LogP contribution in [-0.2, 0) is 5.54 Å². The molecular formula is C12H20N2. The maximum Gasteiger partial charge on any atom is 0.0550 e. The average Bonchev–Trinajstić information content (AvgIpc) is 2.16. The van der Waals surface area contributed by atoms with E-state index in [2.05, 4.69) is 57.1 Å². The molecule has 1 aromatic rings. The Morgan fingerprint density at radius 3 is 2.43 bits per heavy atom. The van der Waals surface area contributed by atoms with Gasteiger partial charge in [-0.2, -0.15) is 0 Å². The first kappa shape index (κ1) is 11.2. The minimum atomic E-state index is -0.0635. The second-order valence-corrected chi connectivity index (χ2v) is 4.24. The van der Waals surface area contributed by atoms with Crippen LogP contribution in [0, 0.1) is 6.92 Å². The fraction of sp³-hybridized carbons (Fsp3) is 0.500. The Morgan fingerprint density at radius 2 is 2.00 bits per heavy atom. The molecule has 1 rings (SSSR count). The molecule has 0 spiro atoms. The summed E-state index contributed by atoms with van der Waals surface area (Å²) < 4.78 is 0. The van der Waals surface area contributed by atoms with Gasteiger partial charge >= 0.3 is 0 Å². The molecule has 0 heterocycles. The Balaban J connectivity index is 3.12. The van der Waals surface area contributed by atoms with Crippen molar-refractivity contribution in [1.29, 1.82) is 0 Å². The van der Waals surface area contributed by atoms with Crippen LogP contribution < -0.4 is 5.73 Å². The van der Waals surface area contributed by atoms with Crippen LogP contribution in [0.1, 0.15) is 18.1 Å². The van der Waals surface area contributed by atoms with E-state index in [1.165, 1.54) is 11.1 Å². The molecule has 1 unspecified atom stereocenters. The molecule has 0 aromatic heterocycles. The summed E-state index contributed by atoms with van der Waals surface area (Å²) in [5, 5.41) is 0.